The molecule has 2 heterocycles. The Morgan fingerprint density at radius 1 is 1.45 bits per heavy atom. The van der Waals surface area contributed by atoms with Gasteiger partial charge >= 0.3 is 5.97 Å². The zero-order chi connectivity index (χ0) is 16.3. The SMILES string of the molecule is Cc1ncc(CO)c(CO)c1OOC(=O)C1NC(=O)CC1C. The van der Waals surface area contributed by atoms with Crippen molar-refractivity contribution in [3.8, 4) is 5.75 Å². The van der Waals surface area contributed by atoms with E-state index in [-0.39, 0.29) is 30.6 Å². The molecule has 1 aromatic heterocycles. The van der Waals surface area contributed by atoms with E-state index in [1.54, 1.807) is 13.8 Å². The summed E-state index contributed by atoms with van der Waals surface area (Å²) in [6, 6.07) is -0.764. The molecule has 1 aliphatic rings. The molecule has 0 bridgehead atoms. The van der Waals surface area contributed by atoms with E-state index < -0.39 is 18.6 Å². The minimum Gasteiger partial charge on any atom is -0.392 e. The molecular formula is C14H18N2O6. The van der Waals surface area contributed by atoms with Gasteiger partial charge in [-0.25, -0.2) is 9.68 Å². The highest BCUT2D eigenvalue weighted by Crippen LogP contribution is 2.26. The van der Waals surface area contributed by atoms with Crippen molar-refractivity contribution in [2.24, 2.45) is 5.92 Å². The molecule has 1 aromatic rings. The third-order valence-corrected chi connectivity index (χ3v) is 3.59. The topological polar surface area (TPSA) is 118 Å². The Hall–Kier alpha value is -2.19. The van der Waals surface area contributed by atoms with Crippen LogP contribution in [0.2, 0.25) is 0 Å². The molecular weight excluding hydrogens is 292 g/mol. The van der Waals surface area contributed by atoms with Gasteiger partial charge in [0.25, 0.3) is 0 Å². The van der Waals surface area contributed by atoms with Crippen LogP contribution in [0.4, 0.5) is 0 Å². The molecule has 2 atom stereocenters. The van der Waals surface area contributed by atoms with Crippen LogP contribution in [0.25, 0.3) is 0 Å². The molecule has 0 spiro atoms. The van der Waals surface area contributed by atoms with Crippen LogP contribution >= 0.6 is 0 Å². The van der Waals surface area contributed by atoms with Crippen LogP contribution < -0.4 is 10.2 Å². The molecule has 22 heavy (non-hydrogen) atoms. The van der Waals surface area contributed by atoms with Crippen molar-refractivity contribution in [3.63, 3.8) is 0 Å². The van der Waals surface area contributed by atoms with E-state index in [1.165, 1.54) is 6.20 Å². The van der Waals surface area contributed by atoms with E-state index in [2.05, 4.69) is 10.3 Å². The number of carbonyl (C=O) groups is 2. The number of rotatable bonds is 5. The Kier molecular flexibility index (Phi) is 4.94. The van der Waals surface area contributed by atoms with Crippen LogP contribution in [0.3, 0.4) is 0 Å². The lowest BCUT2D eigenvalue weighted by molar-refractivity contribution is -0.217. The number of amides is 1. The summed E-state index contributed by atoms with van der Waals surface area (Å²) in [6.45, 7) is 2.64. The highest BCUT2D eigenvalue weighted by Gasteiger charge is 2.36. The van der Waals surface area contributed by atoms with Crippen molar-refractivity contribution in [1.29, 1.82) is 0 Å². The smallest absolute Gasteiger partial charge is 0.377 e. The van der Waals surface area contributed by atoms with Crippen LogP contribution in [0, 0.1) is 12.8 Å². The summed E-state index contributed by atoms with van der Waals surface area (Å²) >= 11 is 0. The van der Waals surface area contributed by atoms with Gasteiger partial charge in [0.05, 0.1) is 18.9 Å². The largest absolute Gasteiger partial charge is 0.392 e. The van der Waals surface area contributed by atoms with Gasteiger partial charge in [-0.3, -0.25) is 14.7 Å². The van der Waals surface area contributed by atoms with E-state index in [9.17, 15) is 19.8 Å². The molecule has 8 heteroatoms. The lowest BCUT2D eigenvalue weighted by Gasteiger charge is -2.16. The molecule has 0 aliphatic carbocycles. The summed E-state index contributed by atoms with van der Waals surface area (Å²) in [5.41, 5.74) is 1.07. The van der Waals surface area contributed by atoms with E-state index in [1.807, 2.05) is 0 Å². The fraction of sp³-hybridized carbons (Fsp3) is 0.500. The van der Waals surface area contributed by atoms with Crippen LogP contribution in [-0.2, 0) is 27.7 Å². The Morgan fingerprint density at radius 2 is 2.18 bits per heavy atom. The molecule has 1 amide bonds. The first-order valence-electron chi connectivity index (χ1n) is 6.84. The van der Waals surface area contributed by atoms with Crippen molar-refractivity contribution in [3.05, 3.63) is 23.0 Å². The average molecular weight is 310 g/mol. The van der Waals surface area contributed by atoms with Gasteiger partial charge in [0.2, 0.25) is 11.7 Å². The van der Waals surface area contributed by atoms with Gasteiger partial charge in [-0.1, -0.05) is 6.92 Å². The number of nitrogens with zero attached hydrogens (tertiary/aromatic N) is 1. The molecule has 8 nitrogen and oxygen atoms in total. The highest BCUT2D eigenvalue weighted by molar-refractivity contribution is 5.88. The molecule has 0 saturated carbocycles. The van der Waals surface area contributed by atoms with Gasteiger partial charge in [-0.05, 0) is 12.8 Å². The second kappa shape index (κ2) is 6.71. The van der Waals surface area contributed by atoms with Crippen molar-refractivity contribution in [1.82, 2.24) is 10.3 Å². The number of hydrogen-bond acceptors (Lipinski definition) is 7. The maximum Gasteiger partial charge on any atom is 0.377 e. The predicted molar refractivity (Wildman–Crippen MR) is 73.3 cm³/mol. The number of aryl methyl sites for hydroxylation is 1. The summed E-state index contributed by atoms with van der Waals surface area (Å²) in [7, 11) is 0. The molecule has 3 N–H and O–H groups in total. The lowest BCUT2D eigenvalue weighted by Crippen LogP contribution is -2.38. The maximum atomic E-state index is 11.9. The first-order valence-corrected chi connectivity index (χ1v) is 6.84. The number of aliphatic hydroxyl groups excluding tert-OH is 2. The Morgan fingerprint density at radius 3 is 2.73 bits per heavy atom. The van der Waals surface area contributed by atoms with Gasteiger partial charge in [-0.15, -0.1) is 0 Å². The Balaban J connectivity index is 2.11. The van der Waals surface area contributed by atoms with Crippen LogP contribution in [0.1, 0.15) is 30.2 Å². The molecule has 1 aliphatic heterocycles. The lowest BCUT2D eigenvalue weighted by atomic mass is 10.0. The number of pyridine rings is 1. The van der Waals surface area contributed by atoms with Crippen LogP contribution in [0.5, 0.6) is 5.75 Å². The van der Waals surface area contributed by atoms with Gasteiger partial charge in [0.1, 0.15) is 6.04 Å². The van der Waals surface area contributed by atoms with Crippen molar-refractivity contribution < 1.29 is 29.6 Å². The molecule has 120 valence electrons. The molecule has 1 saturated heterocycles. The molecule has 0 aromatic carbocycles. The van der Waals surface area contributed by atoms with Gasteiger partial charge in [0, 0.05) is 23.7 Å². The monoisotopic (exact) mass is 310 g/mol. The van der Waals surface area contributed by atoms with Gasteiger partial charge < -0.3 is 15.5 Å². The minimum atomic E-state index is -0.764. The average Bonchev–Trinajstić information content (AvgIpc) is 2.84. The van der Waals surface area contributed by atoms with Crippen molar-refractivity contribution in [2.75, 3.05) is 0 Å². The number of nitrogens with one attached hydrogen (secondary N) is 1. The number of aliphatic hydroxyl groups is 2. The minimum absolute atomic E-state index is 0.0828. The number of carbonyl (C=O) groups excluding carboxylic acids is 2. The molecule has 0 radical (unpaired) electrons. The van der Waals surface area contributed by atoms with Gasteiger partial charge in [0.15, 0.2) is 0 Å². The summed E-state index contributed by atoms with van der Waals surface area (Å²) in [6.07, 6.45) is 1.66. The summed E-state index contributed by atoms with van der Waals surface area (Å²) in [4.78, 5) is 37.0. The maximum absolute atomic E-state index is 11.9. The third kappa shape index (κ3) is 3.18. The number of aromatic nitrogens is 1. The first kappa shape index (κ1) is 16.2. The van der Waals surface area contributed by atoms with E-state index in [4.69, 9.17) is 9.78 Å². The van der Waals surface area contributed by atoms with Crippen molar-refractivity contribution in [2.45, 2.75) is 39.5 Å². The van der Waals surface area contributed by atoms with E-state index in [0.29, 0.717) is 16.8 Å². The van der Waals surface area contributed by atoms with Gasteiger partial charge in [-0.2, -0.15) is 0 Å². The summed E-state index contributed by atoms with van der Waals surface area (Å²) < 4.78 is 0. The molecule has 2 unspecified atom stereocenters. The highest BCUT2D eigenvalue weighted by atomic mass is 17.2. The van der Waals surface area contributed by atoms with Crippen molar-refractivity contribution >= 4 is 11.9 Å². The number of hydrogen-bond donors (Lipinski definition) is 3. The van der Waals surface area contributed by atoms with E-state index >= 15 is 0 Å². The quantitative estimate of drug-likeness (QED) is 0.506. The third-order valence-electron chi connectivity index (χ3n) is 3.59. The summed E-state index contributed by atoms with van der Waals surface area (Å²) in [5.74, 6) is -1.05. The normalized spacial score (nSPS) is 20.6. The summed E-state index contributed by atoms with van der Waals surface area (Å²) in [5, 5.41) is 21.1. The second-order valence-electron chi connectivity index (χ2n) is 5.21. The zero-order valence-electron chi connectivity index (χ0n) is 12.3. The Labute approximate surface area is 127 Å². The van der Waals surface area contributed by atoms with E-state index in [0.717, 1.165) is 0 Å². The van der Waals surface area contributed by atoms with Crippen LogP contribution in [0.15, 0.2) is 6.20 Å². The second-order valence-corrected chi connectivity index (χ2v) is 5.21. The standard InChI is InChI=1S/C14H18N2O6/c1-7-3-11(19)16-12(7)14(20)22-21-13-8(2)15-4-9(5-17)10(13)6-18/h4,7,12,17-18H,3,5-6H2,1-2H3,(H,16,19). The van der Waals surface area contributed by atoms with Crippen LogP contribution in [-0.4, -0.2) is 33.1 Å². The first-order chi connectivity index (χ1) is 10.5. The molecule has 2 rings (SSSR count). The molecule has 1 fully saturated rings. The fourth-order valence-corrected chi connectivity index (χ4v) is 2.31. The predicted octanol–water partition coefficient (Wildman–Crippen LogP) is -0.264. The fourth-order valence-electron chi connectivity index (χ4n) is 2.31. The zero-order valence-corrected chi connectivity index (χ0v) is 12.3. The Bertz CT molecular complexity index is 589.